The van der Waals surface area contributed by atoms with Gasteiger partial charge in [-0.3, -0.25) is 14.6 Å². The highest BCUT2D eigenvalue weighted by Crippen LogP contribution is 2.47. The van der Waals surface area contributed by atoms with Crippen LogP contribution in [0, 0.1) is 17.6 Å². The molecule has 216 valence electrons. The molecule has 2 amide bonds. The van der Waals surface area contributed by atoms with Crippen molar-refractivity contribution in [2.75, 3.05) is 18.6 Å². The van der Waals surface area contributed by atoms with Gasteiger partial charge in [0.05, 0.1) is 28.9 Å². The minimum atomic E-state index is -2.95. The van der Waals surface area contributed by atoms with Crippen LogP contribution in [-0.2, 0) is 10.4 Å². The number of aliphatic hydroxyl groups is 1. The third kappa shape index (κ3) is 5.24. The van der Waals surface area contributed by atoms with Gasteiger partial charge in [-0.15, -0.1) is 0 Å². The Labute approximate surface area is 238 Å². The van der Waals surface area contributed by atoms with Gasteiger partial charge in [0.15, 0.2) is 0 Å². The number of aromatic nitrogens is 1. The van der Waals surface area contributed by atoms with Crippen LogP contribution in [-0.4, -0.2) is 41.6 Å². The standard InChI is InChI=1S/C29H26ClF4N3O4/c1-41-18-9-10-21(31)20(12-18)29(40)24-22(32)3-2-4-23(24)37(28(29)39)14-15-5-7-17(8-6-15)36-27(38)19-11-16(30)13-35-25(19)26(33)34/h2-4,9-13,15,17,26,40H,5-8,14H2,1H3,(H,36,38). The highest BCUT2D eigenvalue weighted by Gasteiger charge is 2.54. The summed E-state index contributed by atoms with van der Waals surface area (Å²) < 4.78 is 61.9. The van der Waals surface area contributed by atoms with Crippen LogP contribution in [0.25, 0.3) is 0 Å². The molecule has 2 heterocycles. The number of rotatable bonds is 7. The fourth-order valence-electron chi connectivity index (χ4n) is 5.66. The smallest absolute Gasteiger partial charge is 0.281 e. The number of benzene rings is 2. The molecule has 0 radical (unpaired) electrons. The van der Waals surface area contributed by atoms with E-state index in [1.807, 2.05) is 0 Å². The number of hydrogen-bond acceptors (Lipinski definition) is 5. The largest absolute Gasteiger partial charge is 0.497 e. The summed E-state index contributed by atoms with van der Waals surface area (Å²) in [5, 5.41) is 14.5. The molecule has 1 unspecified atom stereocenters. The number of ether oxygens (including phenoxy) is 1. The first-order valence-electron chi connectivity index (χ1n) is 13.0. The molecule has 2 aliphatic rings. The van der Waals surface area contributed by atoms with Crippen molar-refractivity contribution in [2.24, 2.45) is 5.92 Å². The van der Waals surface area contributed by atoms with Crippen LogP contribution in [0.15, 0.2) is 48.7 Å². The molecule has 41 heavy (non-hydrogen) atoms. The van der Waals surface area contributed by atoms with E-state index in [1.165, 1.54) is 36.3 Å². The summed E-state index contributed by atoms with van der Waals surface area (Å²) in [6.07, 6.45) is 0.168. The Balaban J connectivity index is 1.32. The van der Waals surface area contributed by atoms with E-state index in [0.29, 0.717) is 25.7 Å². The molecule has 0 spiro atoms. The molecule has 5 rings (SSSR count). The summed E-state index contributed by atoms with van der Waals surface area (Å²) >= 11 is 5.86. The molecule has 1 saturated carbocycles. The molecule has 2 aromatic carbocycles. The second-order valence-corrected chi connectivity index (χ2v) is 10.6. The molecule has 2 N–H and O–H groups in total. The van der Waals surface area contributed by atoms with Crippen molar-refractivity contribution in [3.63, 3.8) is 0 Å². The van der Waals surface area contributed by atoms with Crippen molar-refractivity contribution >= 4 is 29.1 Å². The predicted octanol–water partition coefficient (Wildman–Crippen LogP) is 5.53. The molecule has 1 atom stereocenters. The van der Waals surface area contributed by atoms with E-state index < -0.39 is 46.7 Å². The first-order valence-corrected chi connectivity index (χ1v) is 13.3. The monoisotopic (exact) mass is 591 g/mol. The molecule has 3 aromatic rings. The van der Waals surface area contributed by atoms with Crippen LogP contribution in [0.2, 0.25) is 5.02 Å². The summed E-state index contributed by atoms with van der Waals surface area (Å²) in [5.41, 5.74) is -4.15. The summed E-state index contributed by atoms with van der Waals surface area (Å²) in [5.74, 6) is -3.23. The maximum absolute atomic E-state index is 15.1. The van der Waals surface area contributed by atoms with E-state index in [4.69, 9.17) is 16.3 Å². The quantitative estimate of drug-likeness (QED) is 0.353. The predicted molar refractivity (Wildman–Crippen MR) is 142 cm³/mol. The van der Waals surface area contributed by atoms with Crippen molar-refractivity contribution in [3.8, 4) is 5.75 Å². The zero-order chi connectivity index (χ0) is 29.5. The van der Waals surface area contributed by atoms with E-state index in [0.717, 1.165) is 24.4 Å². The van der Waals surface area contributed by atoms with Crippen LogP contribution in [0.1, 0.15) is 59.3 Å². The van der Waals surface area contributed by atoms with Gasteiger partial charge in [-0.1, -0.05) is 17.7 Å². The second-order valence-electron chi connectivity index (χ2n) is 10.2. The number of hydrogen-bond donors (Lipinski definition) is 2. The SMILES string of the molecule is COc1ccc(F)c(C2(O)C(=O)N(CC3CCC(NC(=O)c4cc(Cl)cnc4C(F)F)CC3)c3cccc(F)c32)c1. The van der Waals surface area contributed by atoms with Gasteiger partial charge in [0.2, 0.25) is 5.60 Å². The molecule has 1 fully saturated rings. The van der Waals surface area contributed by atoms with Crippen molar-refractivity contribution < 1.29 is 37.0 Å². The molecule has 0 saturated heterocycles. The molecule has 0 bridgehead atoms. The number of alkyl halides is 2. The number of nitrogens with zero attached hydrogens (tertiary/aromatic N) is 2. The normalized spacial score (nSPS) is 22.1. The van der Waals surface area contributed by atoms with E-state index in [9.17, 15) is 27.9 Å². The Morgan fingerprint density at radius 3 is 2.59 bits per heavy atom. The average molecular weight is 592 g/mol. The lowest BCUT2D eigenvalue weighted by molar-refractivity contribution is -0.132. The third-order valence-electron chi connectivity index (χ3n) is 7.72. The van der Waals surface area contributed by atoms with E-state index >= 15 is 4.39 Å². The lowest BCUT2D eigenvalue weighted by atomic mass is 9.85. The molecule has 7 nitrogen and oxygen atoms in total. The number of carbonyl (C=O) groups excluding carboxylic acids is 2. The second kappa shape index (κ2) is 11.3. The lowest BCUT2D eigenvalue weighted by Crippen LogP contribution is -2.45. The number of anilines is 1. The molecule has 12 heteroatoms. The van der Waals surface area contributed by atoms with Crippen LogP contribution >= 0.6 is 11.6 Å². The Hall–Kier alpha value is -3.70. The number of halogens is 5. The van der Waals surface area contributed by atoms with Crippen LogP contribution in [0.4, 0.5) is 23.2 Å². The van der Waals surface area contributed by atoms with Gasteiger partial charge in [0.1, 0.15) is 23.1 Å². The molecule has 1 aromatic heterocycles. The zero-order valence-electron chi connectivity index (χ0n) is 21.8. The topological polar surface area (TPSA) is 91.8 Å². The fourth-order valence-corrected chi connectivity index (χ4v) is 5.82. The Morgan fingerprint density at radius 2 is 1.90 bits per heavy atom. The van der Waals surface area contributed by atoms with Crippen LogP contribution in [0.3, 0.4) is 0 Å². The molecular formula is C29H26ClF4N3O4. The van der Waals surface area contributed by atoms with E-state index in [-0.39, 0.29) is 46.1 Å². The van der Waals surface area contributed by atoms with E-state index in [1.54, 1.807) is 0 Å². The molecule has 1 aliphatic carbocycles. The number of amides is 2. The molecule has 1 aliphatic heterocycles. The maximum atomic E-state index is 15.1. The fraction of sp³-hybridized carbons (Fsp3) is 0.345. The van der Waals surface area contributed by atoms with Gasteiger partial charge < -0.3 is 20.1 Å². The minimum absolute atomic E-state index is 0.0593. The number of fused-ring (bicyclic) bond motifs is 1. The number of pyridine rings is 1. The Kier molecular flexibility index (Phi) is 7.93. The first kappa shape index (κ1) is 28.8. The molecular weight excluding hydrogens is 566 g/mol. The van der Waals surface area contributed by atoms with Crippen molar-refractivity contribution in [1.82, 2.24) is 10.3 Å². The zero-order valence-corrected chi connectivity index (χ0v) is 22.6. The van der Waals surface area contributed by atoms with Gasteiger partial charge in [-0.25, -0.2) is 17.6 Å². The van der Waals surface area contributed by atoms with Gasteiger partial charge in [-0.05, 0) is 68.0 Å². The summed E-state index contributed by atoms with van der Waals surface area (Å²) in [6.45, 7) is 0.123. The van der Waals surface area contributed by atoms with Gasteiger partial charge in [-0.2, -0.15) is 0 Å². The average Bonchev–Trinajstić information content (AvgIpc) is 3.17. The maximum Gasteiger partial charge on any atom is 0.281 e. The van der Waals surface area contributed by atoms with E-state index in [2.05, 4.69) is 10.3 Å². The highest BCUT2D eigenvalue weighted by atomic mass is 35.5. The summed E-state index contributed by atoms with van der Waals surface area (Å²) in [6, 6.07) is 8.39. The lowest BCUT2D eigenvalue weighted by Gasteiger charge is -2.32. The van der Waals surface area contributed by atoms with Crippen LogP contribution in [0.5, 0.6) is 5.75 Å². The summed E-state index contributed by atoms with van der Waals surface area (Å²) in [7, 11) is 1.35. The number of carbonyl (C=O) groups is 2. The first-order chi connectivity index (χ1) is 19.5. The van der Waals surface area contributed by atoms with Crippen molar-refractivity contribution in [1.29, 1.82) is 0 Å². The minimum Gasteiger partial charge on any atom is -0.497 e. The Morgan fingerprint density at radius 1 is 1.17 bits per heavy atom. The van der Waals surface area contributed by atoms with Gasteiger partial charge >= 0.3 is 0 Å². The van der Waals surface area contributed by atoms with Gasteiger partial charge in [0, 0.05) is 24.3 Å². The highest BCUT2D eigenvalue weighted by molar-refractivity contribution is 6.30. The Bertz CT molecular complexity index is 1500. The van der Waals surface area contributed by atoms with Crippen molar-refractivity contribution in [3.05, 3.63) is 87.7 Å². The number of methoxy groups -OCH3 is 1. The summed E-state index contributed by atoms with van der Waals surface area (Å²) in [4.78, 5) is 31.3. The third-order valence-corrected chi connectivity index (χ3v) is 7.93. The number of nitrogens with one attached hydrogen (secondary N) is 1. The van der Waals surface area contributed by atoms with Gasteiger partial charge in [0.25, 0.3) is 18.2 Å². The van der Waals surface area contributed by atoms with Crippen LogP contribution < -0.4 is 15.0 Å². The van der Waals surface area contributed by atoms with Crippen molar-refractivity contribution in [2.45, 2.75) is 43.8 Å².